The number of rotatable bonds is 4. The van der Waals surface area contributed by atoms with Gasteiger partial charge >= 0.3 is 0 Å². The van der Waals surface area contributed by atoms with Crippen molar-refractivity contribution in [3.63, 3.8) is 0 Å². The Morgan fingerprint density at radius 3 is 2.47 bits per heavy atom. The van der Waals surface area contributed by atoms with Crippen LogP contribution in [0.2, 0.25) is 0 Å². The molecular weight excluding hydrogens is 208 g/mol. The predicted molar refractivity (Wildman–Crippen MR) is 72.7 cm³/mol. The van der Waals surface area contributed by atoms with Crippen molar-refractivity contribution >= 4 is 0 Å². The molecule has 0 unspecified atom stereocenters. The Morgan fingerprint density at radius 2 is 1.88 bits per heavy atom. The smallest absolute Gasteiger partial charge is 0.0307 e. The molecule has 0 bridgehead atoms. The molecule has 0 radical (unpaired) electrons. The molecule has 0 aliphatic heterocycles. The minimum Gasteiger partial charge on any atom is -0.329 e. The lowest BCUT2D eigenvalue weighted by molar-refractivity contribution is 0.200. The van der Waals surface area contributed by atoms with E-state index in [1.807, 2.05) is 0 Å². The molecule has 1 aromatic carbocycles. The van der Waals surface area contributed by atoms with Crippen LogP contribution < -0.4 is 11.1 Å². The van der Waals surface area contributed by atoms with E-state index < -0.39 is 0 Å². The van der Waals surface area contributed by atoms with Gasteiger partial charge in [0.25, 0.3) is 0 Å². The van der Waals surface area contributed by atoms with Gasteiger partial charge in [-0.05, 0) is 37.2 Å². The van der Waals surface area contributed by atoms with Gasteiger partial charge in [-0.2, -0.15) is 0 Å². The van der Waals surface area contributed by atoms with Crippen LogP contribution in [0.1, 0.15) is 38.2 Å². The van der Waals surface area contributed by atoms with Crippen LogP contribution >= 0.6 is 0 Å². The van der Waals surface area contributed by atoms with Crippen molar-refractivity contribution in [2.24, 2.45) is 11.7 Å². The highest BCUT2D eigenvalue weighted by atomic mass is 15.0. The van der Waals surface area contributed by atoms with Crippen molar-refractivity contribution in [3.05, 3.63) is 35.9 Å². The minimum atomic E-state index is 0.183. The summed E-state index contributed by atoms with van der Waals surface area (Å²) in [5.41, 5.74) is 7.51. The molecule has 17 heavy (non-hydrogen) atoms. The molecule has 0 amide bonds. The summed E-state index contributed by atoms with van der Waals surface area (Å²) in [7, 11) is 0. The second kappa shape index (κ2) is 5.65. The number of benzene rings is 1. The van der Waals surface area contributed by atoms with Crippen molar-refractivity contribution in [2.75, 3.05) is 6.54 Å². The molecule has 0 aromatic heterocycles. The molecule has 0 saturated heterocycles. The van der Waals surface area contributed by atoms with Crippen molar-refractivity contribution in [3.8, 4) is 0 Å². The van der Waals surface area contributed by atoms with Gasteiger partial charge in [0, 0.05) is 18.6 Å². The zero-order chi connectivity index (χ0) is 12.1. The Labute approximate surface area is 105 Å². The molecule has 2 rings (SSSR count). The molecule has 0 heterocycles. The summed E-state index contributed by atoms with van der Waals surface area (Å²) in [5.74, 6) is 0.869. The van der Waals surface area contributed by atoms with Crippen LogP contribution in [0.5, 0.6) is 0 Å². The largest absolute Gasteiger partial charge is 0.329 e. The Hall–Kier alpha value is -0.860. The van der Waals surface area contributed by atoms with E-state index in [0.717, 1.165) is 19.0 Å². The van der Waals surface area contributed by atoms with Gasteiger partial charge < -0.3 is 11.1 Å². The van der Waals surface area contributed by atoms with E-state index in [-0.39, 0.29) is 5.54 Å². The molecule has 1 aliphatic carbocycles. The highest BCUT2D eigenvalue weighted by Crippen LogP contribution is 2.31. The van der Waals surface area contributed by atoms with E-state index in [1.54, 1.807) is 0 Å². The second-order valence-electron chi connectivity index (χ2n) is 5.51. The Kier molecular flexibility index (Phi) is 4.19. The summed E-state index contributed by atoms with van der Waals surface area (Å²) in [6, 6.07) is 10.6. The molecule has 2 nitrogen and oxygen atoms in total. The summed E-state index contributed by atoms with van der Waals surface area (Å²) >= 11 is 0. The van der Waals surface area contributed by atoms with Gasteiger partial charge in [0.1, 0.15) is 0 Å². The monoisotopic (exact) mass is 232 g/mol. The Balaban J connectivity index is 1.91. The zero-order valence-electron chi connectivity index (χ0n) is 10.8. The van der Waals surface area contributed by atoms with Gasteiger partial charge in [-0.15, -0.1) is 0 Å². The summed E-state index contributed by atoms with van der Waals surface area (Å²) in [4.78, 5) is 0. The molecule has 1 aliphatic rings. The van der Waals surface area contributed by atoms with E-state index in [9.17, 15) is 0 Å². The van der Waals surface area contributed by atoms with E-state index in [1.165, 1.54) is 31.2 Å². The fourth-order valence-electron chi connectivity index (χ4n) is 2.65. The van der Waals surface area contributed by atoms with Gasteiger partial charge in [-0.25, -0.2) is 0 Å². The highest BCUT2D eigenvalue weighted by Gasteiger charge is 2.32. The number of nitrogens with two attached hydrogens (primary N) is 1. The third kappa shape index (κ3) is 3.30. The maximum atomic E-state index is 5.99. The quantitative estimate of drug-likeness (QED) is 0.837. The van der Waals surface area contributed by atoms with Gasteiger partial charge in [0.05, 0.1) is 0 Å². The average molecular weight is 232 g/mol. The molecule has 3 N–H and O–H groups in total. The van der Waals surface area contributed by atoms with Crippen LogP contribution in [-0.4, -0.2) is 12.1 Å². The summed E-state index contributed by atoms with van der Waals surface area (Å²) in [6.07, 6.45) is 5.05. The lowest BCUT2D eigenvalue weighted by Crippen LogP contribution is -2.52. The van der Waals surface area contributed by atoms with E-state index in [2.05, 4.69) is 42.6 Å². The van der Waals surface area contributed by atoms with Gasteiger partial charge in [0.15, 0.2) is 0 Å². The number of hydrogen-bond donors (Lipinski definition) is 2. The van der Waals surface area contributed by atoms with Crippen molar-refractivity contribution < 1.29 is 0 Å². The normalized spacial score (nSPS) is 29.2. The fourth-order valence-corrected chi connectivity index (χ4v) is 2.65. The lowest BCUT2D eigenvalue weighted by atomic mass is 9.77. The first kappa shape index (κ1) is 12.6. The predicted octanol–water partition coefficient (Wildman–Crippen LogP) is 2.68. The first-order chi connectivity index (χ1) is 8.24. The fraction of sp³-hybridized carbons (Fsp3) is 0.600. The summed E-state index contributed by atoms with van der Waals surface area (Å²) in [5, 5.41) is 3.70. The molecular formula is C15H24N2. The van der Waals surface area contributed by atoms with Crippen LogP contribution in [0.3, 0.4) is 0 Å². The second-order valence-corrected chi connectivity index (χ2v) is 5.51. The maximum absolute atomic E-state index is 5.99. The summed E-state index contributed by atoms with van der Waals surface area (Å²) < 4.78 is 0. The summed E-state index contributed by atoms with van der Waals surface area (Å²) in [6.45, 7) is 4.04. The van der Waals surface area contributed by atoms with Crippen LogP contribution in [0.4, 0.5) is 0 Å². The molecule has 94 valence electrons. The highest BCUT2D eigenvalue weighted by molar-refractivity contribution is 5.15. The van der Waals surface area contributed by atoms with Crippen LogP contribution in [0.25, 0.3) is 0 Å². The van der Waals surface area contributed by atoms with Gasteiger partial charge in [-0.3, -0.25) is 0 Å². The van der Waals surface area contributed by atoms with Gasteiger partial charge in [0.2, 0.25) is 0 Å². The number of nitrogens with one attached hydrogen (secondary N) is 1. The lowest BCUT2D eigenvalue weighted by Gasteiger charge is -2.39. The Morgan fingerprint density at radius 1 is 1.24 bits per heavy atom. The molecule has 1 fully saturated rings. The van der Waals surface area contributed by atoms with Crippen LogP contribution in [0.15, 0.2) is 30.3 Å². The molecule has 1 saturated carbocycles. The zero-order valence-corrected chi connectivity index (χ0v) is 10.8. The van der Waals surface area contributed by atoms with Crippen molar-refractivity contribution in [1.82, 2.24) is 5.32 Å². The Bertz CT molecular complexity index is 326. The first-order valence-electron chi connectivity index (χ1n) is 6.73. The van der Waals surface area contributed by atoms with Crippen molar-refractivity contribution in [1.29, 1.82) is 0 Å². The third-order valence-corrected chi connectivity index (χ3v) is 4.13. The van der Waals surface area contributed by atoms with Crippen LogP contribution in [-0.2, 0) is 6.54 Å². The molecule has 0 atom stereocenters. The minimum absolute atomic E-state index is 0.183. The average Bonchev–Trinajstić information content (AvgIpc) is 2.40. The van der Waals surface area contributed by atoms with E-state index in [4.69, 9.17) is 5.73 Å². The van der Waals surface area contributed by atoms with Crippen LogP contribution in [0, 0.1) is 5.92 Å². The SMILES string of the molecule is CC1CCC(CN)(NCc2ccccc2)CC1. The maximum Gasteiger partial charge on any atom is 0.0307 e. The first-order valence-corrected chi connectivity index (χ1v) is 6.73. The van der Waals surface area contributed by atoms with E-state index in [0.29, 0.717) is 0 Å². The van der Waals surface area contributed by atoms with Crippen molar-refractivity contribution in [2.45, 2.75) is 44.7 Å². The molecule has 0 spiro atoms. The molecule has 2 heteroatoms. The molecule has 1 aromatic rings. The number of hydrogen-bond acceptors (Lipinski definition) is 2. The van der Waals surface area contributed by atoms with E-state index >= 15 is 0 Å². The van der Waals surface area contributed by atoms with Gasteiger partial charge in [-0.1, -0.05) is 37.3 Å². The topological polar surface area (TPSA) is 38.0 Å². The third-order valence-electron chi connectivity index (χ3n) is 4.13. The standard InChI is InChI=1S/C15H24N2/c1-13-7-9-15(12-16,10-8-13)17-11-14-5-3-2-4-6-14/h2-6,13,17H,7-12,16H2,1H3.